The molecule has 2 N–H and O–H groups in total. The van der Waals surface area contributed by atoms with Gasteiger partial charge >= 0.3 is 0 Å². The van der Waals surface area contributed by atoms with Crippen LogP contribution in [0.1, 0.15) is 19.3 Å². The van der Waals surface area contributed by atoms with Crippen molar-refractivity contribution < 1.29 is 8.42 Å². The normalized spacial score (nSPS) is 23.4. The molecule has 0 aliphatic heterocycles. The number of nitrogens with two attached hydrogens (primary N) is 1. The van der Waals surface area contributed by atoms with Gasteiger partial charge in [-0.25, -0.2) is 8.42 Å². The Hall–Kier alpha value is -0.330. The predicted octanol–water partition coefficient (Wildman–Crippen LogP) is 2.74. The van der Waals surface area contributed by atoms with Crippen molar-refractivity contribution in [1.82, 2.24) is 4.31 Å². The molecule has 1 aliphatic rings. The van der Waals surface area contributed by atoms with E-state index in [9.17, 15) is 8.42 Å². The monoisotopic (exact) mass is 336 g/mol. The molecule has 1 aromatic carbocycles. The van der Waals surface area contributed by atoms with Gasteiger partial charge in [-0.05, 0) is 37.4 Å². The number of rotatable bonds is 4. The third kappa shape index (κ3) is 2.83. The van der Waals surface area contributed by atoms with Crippen LogP contribution >= 0.6 is 23.2 Å². The van der Waals surface area contributed by atoms with Gasteiger partial charge in [-0.15, -0.1) is 0 Å². The number of nitrogens with zero attached hydrogens (tertiary/aromatic N) is 1. The van der Waals surface area contributed by atoms with E-state index in [1.165, 1.54) is 16.4 Å². The summed E-state index contributed by atoms with van der Waals surface area (Å²) in [4.78, 5) is -0.0199. The van der Waals surface area contributed by atoms with Gasteiger partial charge in [-0.2, -0.15) is 4.31 Å². The van der Waals surface area contributed by atoms with E-state index in [4.69, 9.17) is 28.9 Å². The molecule has 4 nitrogen and oxygen atoms in total. The van der Waals surface area contributed by atoms with Crippen LogP contribution in [0.3, 0.4) is 0 Å². The van der Waals surface area contributed by atoms with Crippen molar-refractivity contribution >= 4 is 33.2 Å². The van der Waals surface area contributed by atoms with Gasteiger partial charge in [-0.1, -0.05) is 35.7 Å². The highest BCUT2D eigenvalue weighted by molar-refractivity contribution is 7.89. The first-order chi connectivity index (χ1) is 9.39. The van der Waals surface area contributed by atoms with Crippen LogP contribution < -0.4 is 5.73 Å². The highest BCUT2D eigenvalue weighted by Crippen LogP contribution is 2.36. The average Bonchev–Trinajstić information content (AvgIpc) is 2.85. The summed E-state index contributed by atoms with van der Waals surface area (Å²) < 4.78 is 26.9. The van der Waals surface area contributed by atoms with Gasteiger partial charge in [0.25, 0.3) is 0 Å². The summed E-state index contributed by atoms with van der Waals surface area (Å²) in [5, 5.41) is 0.290. The van der Waals surface area contributed by atoms with Crippen LogP contribution in [0.4, 0.5) is 0 Å². The summed E-state index contributed by atoms with van der Waals surface area (Å²) in [7, 11) is -2.14. The smallest absolute Gasteiger partial charge is 0.246 e. The average molecular weight is 337 g/mol. The lowest BCUT2D eigenvalue weighted by Crippen LogP contribution is -2.41. The van der Waals surface area contributed by atoms with Gasteiger partial charge in [0.1, 0.15) is 4.90 Å². The lowest BCUT2D eigenvalue weighted by molar-refractivity contribution is 0.304. The zero-order valence-electron chi connectivity index (χ0n) is 11.2. The second kappa shape index (κ2) is 6.20. The summed E-state index contributed by atoms with van der Waals surface area (Å²) in [5.74, 6) is 0.191. The summed E-state index contributed by atoms with van der Waals surface area (Å²) in [6.45, 7) is 0.487. The Morgan fingerprint density at radius 1 is 1.30 bits per heavy atom. The fourth-order valence-corrected chi connectivity index (χ4v) is 5.36. The molecule has 112 valence electrons. The zero-order chi connectivity index (χ0) is 14.9. The molecule has 0 amide bonds. The maximum absolute atomic E-state index is 12.7. The van der Waals surface area contributed by atoms with Gasteiger partial charge in [-0.3, -0.25) is 0 Å². The molecule has 0 aromatic heterocycles. The Bertz CT molecular complexity index is 572. The van der Waals surface area contributed by atoms with Crippen LogP contribution in [0, 0.1) is 5.92 Å². The molecule has 2 atom stereocenters. The van der Waals surface area contributed by atoms with Crippen LogP contribution in [0.5, 0.6) is 0 Å². The van der Waals surface area contributed by atoms with Crippen molar-refractivity contribution in [1.29, 1.82) is 0 Å². The second-order valence-corrected chi connectivity index (χ2v) is 7.81. The molecule has 20 heavy (non-hydrogen) atoms. The van der Waals surface area contributed by atoms with Crippen molar-refractivity contribution in [2.45, 2.75) is 30.2 Å². The molecule has 1 saturated carbocycles. The van der Waals surface area contributed by atoms with Crippen molar-refractivity contribution in [3.8, 4) is 0 Å². The van der Waals surface area contributed by atoms with Gasteiger partial charge in [0.05, 0.1) is 10.0 Å². The molecular weight excluding hydrogens is 319 g/mol. The number of halogens is 2. The van der Waals surface area contributed by atoms with Crippen LogP contribution in [0.15, 0.2) is 23.1 Å². The van der Waals surface area contributed by atoms with Crippen molar-refractivity contribution in [3.63, 3.8) is 0 Å². The molecule has 1 fully saturated rings. The minimum absolute atomic E-state index is 0.0199. The van der Waals surface area contributed by atoms with Gasteiger partial charge < -0.3 is 5.73 Å². The Morgan fingerprint density at radius 2 is 1.90 bits per heavy atom. The molecule has 0 bridgehead atoms. The fraction of sp³-hybridized carbons (Fsp3) is 0.538. The fourth-order valence-electron chi connectivity index (χ4n) is 2.82. The zero-order valence-corrected chi connectivity index (χ0v) is 13.5. The largest absolute Gasteiger partial charge is 0.330 e. The van der Waals surface area contributed by atoms with E-state index in [1.54, 1.807) is 13.1 Å². The second-order valence-electron chi connectivity index (χ2n) is 5.07. The summed E-state index contributed by atoms with van der Waals surface area (Å²) >= 11 is 12.0. The minimum atomic E-state index is -3.71. The number of hydrogen-bond donors (Lipinski definition) is 1. The Kier molecular flexibility index (Phi) is 4.97. The Balaban J connectivity index is 2.40. The number of benzene rings is 1. The number of hydrogen-bond acceptors (Lipinski definition) is 3. The van der Waals surface area contributed by atoms with E-state index in [2.05, 4.69) is 0 Å². The third-order valence-corrected chi connectivity index (χ3v) is 6.78. The molecule has 0 radical (unpaired) electrons. The molecule has 2 rings (SSSR count). The predicted molar refractivity (Wildman–Crippen MR) is 81.6 cm³/mol. The van der Waals surface area contributed by atoms with E-state index in [1.807, 2.05) is 0 Å². The molecule has 0 heterocycles. The lowest BCUT2D eigenvalue weighted by Gasteiger charge is -2.29. The minimum Gasteiger partial charge on any atom is -0.330 e. The van der Waals surface area contributed by atoms with Gasteiger partial charge in [0.15, 0.2) is 0 Å². The first-order valence-corrected chi connectivity index (χ1v) is 8.71. The van der Waals surface area contributed by atoms with Crippen LogP contribution in [-0.4, -0.2) is 32.4 Å². The molecule has 0 spiro atoms. The molecule has 0 saturated heterocycles. The van der Waals surface area contributed by atoms with Crippen molar-refractivity contribution in [2.24, 2.45) is 11.7 Å². The molecule has 7 heteroatoms. The first-order valence-electron chi connectivity index (χ1n) is 6.51. The van der Waals surface area contributed by atoms with Crippen molar-refractivity contribution in [3.05, 3.63) is 28.2 Å². The third-order valence-electron chi connectivity index (χ3n) is 3.94. The van der Waals surface area contributed by atoms with Crippen LogP contribution in [0.2, 0.25) is 10.0 Å². The van der Waals surface area contributed by atoms with E-state index in [0.29, 0.717) is 6.54 Å². The maximum atomic E-state index is 12.7. The van der Waals surface area contributed by atoms with E-state index in [0.717, 1.165) is 19.3 Å². The van der Waals surface area contributed by atoms with E-state index in [-0.39, 0.29) is 26.9 Å². The highest BCUT2D eigenvalue weighted by atomic mass is 35.5. The SMILES string of the molecule is CN(C1CCCC1CN)S(=O)(=O)c1c(Cl)cccc1Cl. The molecule has 2 unspecified atom stereocenters. The quantitative estimate of drug-likeness (QED) is 0.919. The summed E-state index contributed by atoms with van der Waals surface area (Å²) in [6, 6.07) is 4.60. The number of sulfonamides is 1. The van der Waals surface area contributed by atoms with Gasteiger partial charge in [0, 0.05) is 13.1 Å². The highest BCUT2D eigenvalue weighted by Gasteiger charge is 2.37. The molecule has 1 aliphatic carbocycles. The first kappa shape index (κ1) is 16.0. The van der Waals surface area contributed by atoms with Crippen LogP contribution in [-0.2, 0) is 10.0 Å². The van der Waals surface area contributed by atoms with Crippen molar-refractivity contribution in [2.75, 3.05) is 13.6 Å². The van der Waals surface area contributed by atoms with Gasteiger partial charge in [0.2, 0.25) is 10.0 Å². The summed E-state index contributed by atoms with van der Waals surface area (Å²) in [6.07, 6.45) is 2.76. The van der Waals surface area contributed by atoms with E-state index < -0.39 is 10.0 Å². The lowest BCUT2D eigenvalue weighted by atomic mass is 10.0. The summed E-state index contributed by atoms with van der Waals surface area (Å²) in [5.41, 5.74) is 5.73. The topological polar surface area (TPSA) is 63.4 Å². The molecule has 1 aromatic rings. The molecular formula is C13H18Cl2N2O2S. The van der Waals surface area contributed by atoms with E-state index >= 15 is 0 Å². The Labute approximate surface area is 129 Å². The standard InChI is InChI=1S/C13H18Cl2N2O2S/c1-17(12-7-2-4-9(12)8-16)20(18,19)13-10(14)5-3-6-11(13)15/h3,5-6,9,12H,2,4,7-8,16H2,1H3. The van der Waals surface area contributed by atoms with Crippen LogP contribution in [0.25, 0.3) is 0 Å². The Morgan fingerprint density at radius 3 is 2.45 bits per heavy atom. The maximum Gasteiger partial charge on any atom is 0.246 e.